The maximum Gasteiger partial charge on any atom is 0.253 e. The topological polar surface area (TPSA) is 68.7 Å². The van der Waals surface area contributed by atoms with Crippen LogP contribution in [0.4, 0.5) is 0 Å². The largest absolute Gasteiger partial charge is 0.493 e. The first-order chi connectivity index (χ1) is 15.4. The molecule has 170 valence electrons. The van der Waals surface area contributed by atoms with Crippen molar-refractivity contribution in [1.82, 2.24) is 9.88 Å². The monoisotopic (exact) mass is 436 g/mol. The lowest BCUT2D eigenvalue weighted by atomic mass is 10.1. The Morgan fingerprint density at radius 3 is 2.69 bits per heavy atom. The Morgan fingerprint density at radius 1 is 1.16 bits per heavy atom. The van der Waals surface area contributed by atoms with Gasteiger partial charge in [-0.15, -0.1) is 0 Å². The number of pyridine rings is 1. The van der Waals surface area contributed by atoms with Crippen molar-refractivity contribution in [3.05, 3.63) is 65.5 Å². The smallest absolute Gasteiger partial charge is 0.253 e. The van der Waals surface area contributed by atoms with Crippen molar-refractivity contribution in [2.75, 3.05) is 19.7 Å². The Hall–Kier alpha value is -3.15. The second-order valence-corrected chi connectivity index (χ2v) is 8.31. The SMILES string of the molecule is Cc1cc(C(=O)N2CCCCC(=O)/C=C(/c3cccnc3)OCCC2)ccc1OC(C)C. The third-order valence-electron chi connectivity index (χ3n) is 5.24. The van der Waals surface area contributed by atoms with Crippen LogP contribution in [0.1, 0.15) is 61.0 Å². The third-order valence-corrected chi connectivity index (χ3v) is 5.24. The van der Waals surface area contributed by atoms with Gasteiger partial charge >= 0.3 is 0 Å². The normalized spacial score (nSPS) is 17.6. The van der Waals surface area contributed by atoms with Gasteiger partial charge in [-0.1, -0.05) is 0 Å². The highest BCUT2D eigenvalue weighted by molar-refractivity contribution is 5.96. The number of carbonyl (C=O) groups is 2. The highest BCUT2D eigenvalue weighted by atomic mass is 16.5. The molecule has 1 aliphatic rings. The summed E-state index contributed by atoms with van der Waals surface area (Å²) in [6.45, 7) is 7.55. The molecule has 6 heteroatoms. The van der Waals surface area contributed by atoms with E-state index >= 15 is 0 Å². The Kier molecular flexibility index (Phi) is 8.42. The van der Waals surface area contributed by atoms with Gasteiger partial charge in [0.05, 0.1) is 12.7 Å². The summed E-state index contributed by atoms with van der Waals surface area (Å²) in [5, 5.41) is 0. The molecule has 1 aliphatic heterocycles. The van der Waals surface area contributed by atoms with Gasteiger partial charge in [-0.05, 0) is 75.9 Å². The van der Waals surface area contributed by atoms with Crippen molar-refractivity contribution >= 4 is 17.4 Å². The molecule has 0 fully saturated rings. The van der Waals surface area contributed by atoms with Gasteiger partial charge in [0.2, 0.25) is 0 Å². The minimum absolute atomic E-state index is 0.00407. The molecule has 2 aromatic rings. The standard InChI is InChI=1S/C26H32N2O4/c1-19(2)32-24-11-10-21(16-20(24)3)26(30)28-13-5-4-9-23(29)17-25(31-15-7-14-28)22-8-6-12-27-18-22/h6,8,10-12,16-19H,4-5,7,9,13-15H2,1-3H3/b25-17-. The summed E-state index contributed by atoms with van der Waals surface area (Å²) in [6.07, 6.45) is 7.63. The quantitative estimate of drug-likeness (QED) is 0.687. The molecule has 0 aliphatic carbocycles. The lowest BCUT2D eigenvalue weighted by molar-refractivity contribution is -0.114. The van der Waals surface area contributed by atoms with E-state index in [1.165, 1.54) is 0 Å². The van der Waals surface area contributed by atoms with Gasteiger partial charge in [0.15, 0.2) is 5.78 Å². The minimum Gasteiger partial charge on any atom is -0.493 e. The Bertz CT molecular complexity index is 954. The fourth-order valence-corrected chi connectivity index (χ4v) is 3.64. The number of carbonyl (C=O) groups excluding carboxylic acids is 2. The molecule has 0 radical (unpaired) electrons. The first-order valence-electron chi connectivity index (χ1n) is 11.3. The minimum atomic E-state index is -0.00407. The van der Waals surface area contributed by atoms with Gasteiger partial charge in [0.25, 0.3) is 5.91 Å². The summed E-state index contributed by atoms with van der Waals surface area (Å²) in [5.41, 5.74) is 2.38. The van der Waals surface area contributed by atoms with Crippen molar-refractivity contribution in [3.63, 3.8) is 0 Å². The summed E-state index contributed by atoms with van der Waals surface area (Å²) < 4.78 is 11.7. The number of hydrogen-bond donors (Lipinski definition) is 0. The van der Waals surface area contributed by atoms with Crippen LogP contribution in [0.3, 0.4) is 0 Å². The molecule has 1 amide bonds. The molecule has 32 heavy (non-hydrogen) atoms. The number of benzene rings is 1. The molecule has 0 bridgehead atoms. The van der Waals surface area contributed by atoms with E-state index in [9.17, 15) is 9.59 Å². The van der Waals surface area contributed by atoms with E-state index in [0.29, 0.717) is 43.9 Å². The van der Waals surface area contributed by atoms with Crippen LogP contribution in [0.15, 0.2) is 48.8 Å². The molecule has 0 N–H and O–H groups in total. The number of allylic oxidation sites excluding steroid dienone is 1. The Morgan fingerprint density at radius 2 is 1.97 bits per heavy atom. The average Bonchev–Trinajstić information content (AvgIpc) is 2.77. The van der Waals surface area contributed by atoms with Crippen LogP contribution in [0.5, 0.6) is 5.75 Å². The van der Waals surface area contributed by atoms with Crippen molar-refractivity contribution in [2.24, 2.45) is 0 Å². The lowest BCUT2D eigenvalue weighted by Crippen LogP contribution is -2.33. The second kappa shape index (κ2) is 11.5. The molecule has 6 nitrogen and oxygen atoms in total. The number of ketones is 1. The van der Waals surface area contributed by atoms with Gasteiger partial charge in [-0.3, -0.25) is 14.6 Å². The number of aryl methyl sites for hydroxylation is 1. The predicted octanol–water partition coefficient (Wildman–Crippen LogP) is 4.82. The number of hydrogen-bond acceptors (Lipinski definition) is 5. The number of nitrogens with zero attached hydrogens (tertiary/aromatic N) is 2. The summed E-state index contributed by atoms with van der Waals surface area (Å²) in [5.74, 6) is 1.36. The molecule has 0 spiro atoms. The average molecular weight is 437 g/mol. The first kappa shape index (κ1) is 23.5. The predicted molar refractivity (Wildman–Crippen MR) is 124 cm³/mol. The highest BCUT2D eigenvalue weighted by Crippen LogP contribution is 2.22. The van der Waals surface area contributed by atoms with Crippen LogP contribution >= 0.6 is 0 Å². The van der Waals surface area contributed by atoms with E-state index < -0.39 is 0 Å². The summed E-state index contributed by atoms with van der Waals surface area (Å²) in [7, 11) is 0. The van der Waals surface area contributed by atoms with E-state index in [4.69, 9.17) is 9.47 Å². The summed E-state index contributed by atoms with van der Waals surface area (Å²) in [4.78, 5) is 31.6. The molecule has 0 saturated heterocycles. The van der Waals surface area contributed by atoms with Gasteiger partial charge in [-0.25, -0.2) is 0 Å². The fourth-order valence-electron chi connectivity index (χ4n) is 3.64. The third kappa shape index (κ3) is 6.67. The van der Waals surface area contributed by atoms with Crippen LogP contribution in [-0.4, -0.2) is 47.4 Å². The van der Waals surface area contributed by atoms with Gasteiger partial charge in [0.1, 0.15) is 11.5 Å². The van der Waals surface area contributed by atoms with Crippen molar-refractivity contribution in [3.8, 4) is 5.75 Å². The maximum atomic E-state index is 13.2. The number of ether oxygens (including phenoxy) is 2. The van der Waals surface area contributed by atoms with Crippen LogP contribution < -0.4 is 4.74 Å². The van der Waals surface area contributed by atoms with Gasteiger partial charge < -0.3 is 14.4 Å². The van der Waals surface area contributed by atoms with Crippen LogP contribution in [0, 0.1) is 6.92 Å². The number of aromatic nitrogens is 1. The van der Waals surface area contributed by atoms with Crippen LogP contribution in [0.25, 0.3) is 5.76 Å². The summed E-state index contributed by atoms with van der Waals surface area (Å²) >= 11 is 0. The van der Waals surface area contributed by atoms with Crippen LogP contribution in [-0.2, 0) is 9.53 Å². The van der Waals surface area contributed by atoms with E-state index in [1.807, 2.05) is 56.0 Å². The molecule has 0 saturated carbocycles. The van der Waals surface area contributed by atoms with E-state index in [-0.39, 0.29) is 17.8 Å². The second-order valence-electron chi connectivity index (χ2n) is 8.31. The Labute approximate surface area is 190 Å². The van der Waals surface area contributed by atoms with Crippen molar-refractivity contribution < 1.29 is 19.1 Å². The fraction of sp³-hybridized carbons (Fsp3) is 0.423. The van der Waals surface area contributed by atoms with Gasteiger partial charge in [-0.2, -0.15) is 0 Å². The van der Waals surface area contributed by atoms with E-state index in [0.717, 1.165) is 29.7 Å². The van der Waals surface area contributed by atoms with Crippen molar-refractivity contribution in [2.45, 2.75) is 52.6 Å². The lowest BCUT2D eigenvalue weighted by Gasteiger charge is -2.24. The zero-order valence-corrected chi connectivity index (χ0v) is 19.2. The number of amides is 1. The first-order valence-corrected chi connectivity index (χ1v) is 11.3. The van der Waals surface area contributed by atoms with E-state index in [1.54, 1.807) is 18.5 Å². The highest BCUT2D eigenvalue weighted by Gasteiger charge is 2.18. The molecule has 2 heterocycles. The van der Waals surface area contributed by atoms with Crippen LogP contribution in [0.2, 0.25) is 0 Å². The molecular weight excluding hydrogens is 404 g/mol. The van der Waals surface area contributed by atoms with Gasteiger partial charge in [0, 0.05) is 49.1 Å². The zero-order chi connectivity index (χ0) is 22.9. The van der Waals surface area contributed by atoms with E-state index in [2.05, 4.69) is 4.98 Å². The maximum absolute atomic E-state index is 13.2. The summed E-state index contributed by atoms with van der Waals surface area (Å²) in [6, 6.07) is 9.28. The Balaban J connectivity index is 1.70. The molecule has 0 atom stereocenters. The molecule has 1 aromatic heterocycles. The molecule has 3 rings (SSSR count). The zero-order valence-electron chi connectivity index (χ0n) is 19.2. The molecular formula is C26H32N2O4. The van der Waals surface area contributed by atoms with Crippen molar-refractivity contribution in [1.29, 1.82) is 0 Å². The number of rotatable bonds is 4. The molecule has 0 unspecified atom stereocenters. The molecule has 1 aromatic carbocycles.